The molecule has 1 heterocycles. The van der Waals surface area contributed by atoms with Crippen molar-refractivity contribution in [2.45, 2.75) is 25.4 Å². The molecule has 0 spiro atoms. The highest BCUT2D eigenvalue weighted by Crippen LogP contribution is 2.26. The number of rotatable bonds is 10. The summed E-state index contributed by atoms with van der Waals surface area (Å²) in [5, 5.41) is 29.0. The van der Waals surface area contributed by atoms with Crippen molar-refractivity contribution in [3.8, 4) is 0 Å². The Morgan fingerprint density at radius 3 is 2.41 bits per heavy atom. The number of hydrogen-bond donors (Lipinski definition) is 3. The van der Waals surface area contributed by atoms with Crippen LogP contribution >= 0.6 is 11.8 Å². The molecule has 3 amide bonds. The van der Waals surface area contributed by atoms with E-state index in [1.54, 1.807) is 48.5 Å². The summed E-state index contributed by atoms with van der Waals surface area (Å²) in [6.45, 7) is 0.364. The van der Waals surface area contributed by atoms with Gasteiger partial charge in [-0.05, 0) is 66.1 Å². The van der Waals surface area contributed by atoms with E-state index in [4.69, 9.17) is 0 Å². The third kappa shape index (κ3) is 6.94. The summed E-state index contributed by atoms with van der Waals surface area (Å²) < 4.78 is 0. The number of amides is 3. The van der Waals surface area contributed by atoms with E-state index in [9.17, 15) is 34.2 Å². The van der Waals surface area contributed by atoms with Crippen LogP contribution in [0.15, 0.2) is 53.4 Å². The quantitative estimate of drug-likeness (QED) is 0.396. The Balaban J connectivity index is 1.59. The minimum absolute atomic E-state index is 0.211. The molecule has 0 radical (unpaired) electrons. The van der Waals surface area contributed by atoms with Crippen LogP contribution in [0.3, 0.4) is 0 Å². The number of imide groups is 1. The molecule has 10 nitrogen and oxygen atoms in total. The summed E-state index contributed by atoms with van der Waals surface area (Å²) in [7, 11) is 0. The highest BCUT2D eigenvalue weighted by Gasteiger charge is 2.24. The van der Waals surface area contributed by atoms with Crippen molar-refractivity contribution >= 4 is 52.5 Å². The molecule has 176 valence electrons. The maximum Gasteiger partial charge on any atom is 0.290 e. The van der Waals surface area contributed by atoms with Crippen LogP contribution in [0.2, 0.25) is 0 Å². The fraction of sp³-hybridized carbons (Fsp3) is 0.174. The van der Waals surface area contributed by atoms with Crippen LogP contribution in [-0.2, 0) is 20.9 Å². The summed E-state index contributed by atoms with van der Waals surface area (Å²) in [4.78, 5) is 57.3. The Morgan fingerprint density at radius 2 is 1.79 bits per heavy atom. The summed E-state index contributed by atoms with van der Waals surface area (Å²) in [5.74, 6) is -4.09. The number of nitrogens with one attached hydrogen (secondary N) is 3. The molecule has 1 saturated heterocycles. The third-order valence-electron chi connectivity index (χ3n) is 4.76. The highest BCUT2D eigenvalue weighted by molar-refractivity contribution is 8.18. The van der Waals surface area contributed by atoms with E-state index in [0.29, 0.717) is 11.4 Å². The van der Waals surface area contributed by atoms with Gasteiger partial charge in [0.1, 0.15) is 0 Å². The number of carboxylic acids is 2. The van der Waals surface area contributed by atoms with E-state index in [-0.39, 0.29) is 12.0 Å². The maximum absolute atomic E-state index is 12.4. The summed E-state index contributed by atoms with van der Waals surface area (Å²) >= 11 is 0.841. The standard InChI is InChI=1S/C23H21N3O7S/c27-19(28)9-8-17(22(31)32)25-20(29)15-3-1-2-14(10-15)12-24-16-6-4-13(5-7-16)11-18-21(30)26-23(33)34-18/h1-7,10-11,17,24H,8-9,12H2,(H,25,29)(H,27,28)(H,31,32)(H,26,30,33)/p-2/b18-11-/t17-/m1/s1. The monoisotopic (exact) mass is 481 g/mol. The van der Waals surface area contributed by atoms with E-state index in [0.717, 1.165) is 28.6 Å². The second-order valence-corrected chi connectivity index (χ2v) is 8.30. The maximum atomic E-state index is 12.4. The van der Waals surface area contributed by atoms with Crippen LogP contribution in [0.1, 0.15) is 34.3 Å². The summed E-state index contributed by atoms with van der Waals surface area (Å²) in [5.41, 5.74) is 2.48. The Hall–Kier alpha value is -4.12. The minimum atomic E-state index is -1.58. The van der Waals surface area contributed by atoms with Crippen LogP contribution in [0.4, 0.5) is 10.5 Å². The molecule has 0 aliphatic carbocycles. The van der Waals surface area contributed by atoms with Gasteiger partial charge in [-0.2, -0.15) is 0 Å². The molecule has 3 N–H and O–H groups in total. The molecular weight excluding hydrogens is 462 g/mol. The molecule has 34 heavy (non-hydrogen) atoms. The van der Waals surface area contributed by atoms with Crippen LogP contribution in [-0.4, -0.2) is 35.0 Å². The summed E-state index contributed by atoms with van der Waals surface area (Å²) in [6, 6.07) is 12.2. The van der Waals surface area contributed by atoms with Crippen LogP contribution < -0.4 is 26.2 Å². The largest absolute Gasteiger partial charge is 0.550 e. The fourth-order valence-electron chi connectivity index (χ4n) is 3.05. The molecule has 1 aliphatic rings. The first-order valence-corrected chi connectivity index (χ1v) is 10.9. The van der Waals surface area contributed by atoms with Crippen molar-refractivity contribution in [2.24, 2.45) is 0 Å². The first-order chi connectivity index (χ1) is 16.2. The topological polar surface area (TPSA) is 168 Å². The van der Waals surface area contributed by atoms with Crippen molar-refractivity contribution in [3.63, 3.8) is 0 Å². The molecule has 11 heteroatoms. The zero-order valence-electron chi connectivity index (χ0n) is 17.7. The Kier molecular flexibility index (Phi) is 8.04. The first kappa shape index (κ1) is 24.5. The van der Waals surface area contributed by atoms with Gasteiger partial charge in [-0.1, -0.05) is 24.3 Å². The summed E-state index contributed by atoms with van der Waals surface area (Å²) in [6.07, 6.45) is 0.747. The lowest BCUT2D eigenvalue weighted by Crippen LogP contribution is -2.48. The van der Waals surface area contributed by atoms with Gasteiger partial charge in [-0.3, -0.25) is 19.7 Å². The zero-order chi connectivity index (χ0) is 24.7. The average Bonchev–Trinajstić information content (AvgIpc) is 3.12. The van der Waals surface area contributed by atoms with Crippen LogP contribution in [0.5, 0.6) is 0 Å². The number of hydrogen-bond acceptors (Lipinski definition) is 9. The molecule has 3 rings (SSSR count). The van der Waals surface area contributed by atoms with Crippen molar-refractivity contribution in [1.82, 2.24) is 10.6 Å². The SMILES string of the molecule is O=C([O-])CC[C@@H](NC(=O)c1cccc(CNc2ccc(/C=C3\SC(=O)NC3=O)cc2)c1)C(=O)[O-]. The van der Waals surface area contributed by atoms with Gasteiger partial charge in [-0.15, -0.1) is 0 Å². The Labute approximate surface area is 198 Å². The van der Waals surface area contributed by atoms with Gasteiger partial charge in [0.15, 0.2) is 0 Å². The molecule has 0 unspecified atom stereocenters. The lowest BCUT2D eigenvalue weighted by atomic mass is 10.1. The second-order valence-electron chi connectivity index (χ2n) is 7.28. The van der Waals surface area contributed by atoms with Crippen molar-refractivity contribution in [3.05, 3.63) is 70.1 Å². The molecule has 0 bridgehead atoms. The Morgan fingerprint density at radius 1 is 1.06 bits per heavy atom. The van der Waals surface area contributed by atoms with E-state index in [1.807, 2.05) is 0 Å². The minimum Gasteiger partial charge on any atom is -0.550 e. The number of carbonyl (C=O) groups excluding carboxylic acids is 5. The molecule has 1 fully saturated rings. The van der Waals surface area contributed by atoms with Gasteiger partial charge in [0.05, 0.1) is 16.9 Å². The number of aliphatic carboxylic acids is 2. The predicted molar refractivity (Wildman–Crippen MR) is 120 cm³/mol. The number of anilines is 1. The van der Waals surface area contributed by atoms with Crippen molar-refractivity contribution < 1.29 is 34.2 Å². The first-order valence-electron chi connectivity index (χ1n) is 10.1. The van der Waals surface area contributed by atoms with Crippen molar-refractivity contribution in [2.75, 3.05) is 5.32 Å². The molecule has 1 atom stereocenters. The van der Waals surface area contributed by atoms with E-state index in [2.05, 4.69) is 16.0 Å². The molecular formula is C23H19N3O7S-2. The highest BCUT2D eigenvalue weighted by atomic mass is 32.2. The predicted octanol–water partition coefficient (Wildman–Crippen LogP) is 0.00100. The second kappa shape index (κ2) is 11.1. The molecule has 0 saturated carbocycles. The number of benzene rings is 2. The zero-order valence-corrected chi connectivity index (χ0v) is 18.5. The van der Waals surface area contributed by atoms with Gasteiger partial charge in [0, 0.05) is 23.8 Å². The third-order valence-corrected chi connectivity index (χ3v) is 5.57. The van der Waals surface area contributed by atoms with Crippen molar-refractivity contribution in [1.29, 1.82) is 0 Å². The Bertz CT molecular complexity index is 1160. The van der Waals surface area contributed by atoms with Gasteiger partial charge >= 0.3 is 0 Å². The van der Waals surface area contributed by atoms with E-state index >= 15 is 0 Å². The van der Waals surface area contributed by atoms with Gasteiger partial charge in [-0.25, -0.2) is 0 Å². The van der Waals surface area contributed by atoms with E-state index < -0.39 is 41.5 Å². The molecule has 0 aromatic heterocycles. The average molecular weight is 481 g/mol. The lowest BCUT2D eigenvalue weighted by Gasteiger charge is -2.20. The lowest BCUT2D eigenvalue weighted by molar-refractivity contribution is -0.309. The normalized spacial score (nSPS) is 15.0. The fourth-order valence-corrected chi connectivity index (χ4v) is 3.73. The number of carbonyl (C=O) groups is 5. The van der Waals surface area contributed by atoms with Crippen LogP contribution in [0, 0.1) is 0 Å². The van der Waals surface area contributed by atoms with Crippen LogP contribution in [0.25, 0.3) is 6.08 Å². The van der Waals surface area contributed by atoms with Gasteiger partial charge in [0.2, 0.25) is 0 Å². The molecule has 1 aliphatic heterocycles. The molecule has 2 aromatic rings. The number of thioether (sulfide) groups is 1. The smallest absolute Gasteiger partial charge is 0.290 e. The number of carboxylic acid groups (broad SMARTS) is 2. The van der Waals surface area contributed by atoms with E-state index in [1.165, 1.54) is 6.07 Å². The molecule has 2 aromatic carbocycles. The van der Waals surface area contributed by atoms with Gasteiger partial charge in [0.25, 0.3) is 17.1 Å². The van der Waals surface area contributed by atoms with Gasteiger partial charge < -0.3 is 30.4 Å².